The van der Waals surface area contributed by atoms with Crippen LogP contribution >= 0.6 is 0 Å². The van der Waals surface area contributed by atoms with Crippen molar-refractivity contribution in [1.29, 1.82) is 0 Å². The van der Waals surface area contributed by atoms with Gasteiger partial charge < -0.3 is 9.30 Å². The van der Waals surface area contributed by atoms with E-state index < -0.39 is 10.0 Å². The minimum atomic E-state index is -3.77. The molecular formula is C18H17N7O3S. The Kier molecular flexibility index (Phi) is 4.72. The van der Waals surface area contributed by atoms with E-state index in [4.69, 9.17) is 4.74 Å². The summed E-state index contributed by atoms with van der Waals surface area (Å²) in [4.78, 5) is 8.00. The monoisotopic (exact) mass is 411 g/mol. The van der Waals surface area contributed by atoms with Crippen molar-refractivity contribution >= 4 is 15.7 Å². The van der Waals surface area contributed by atoms with Crippen molar-refractivity contribution in [3.63, 3.8) is 0 Å². The van der Waals surface area contributed by atoms with Crippen LogP contribution in [0, 0.1) is 6.92 Å². The van der Waals surface area contributed by atoms with Gasteiger partial charge >= 0.3 is 0 Å². The molecule has 0 unspecified atom stereocenters. The molecule has 0 bridgehead atoms. The maximum Gasteiger partial charge on any atom is 0.280 e. The van der Waals surface area contributed by atoms with Crippen LogP contribution in [0.1, 0.15) is 5.82 Å². The van der Waals surface area contributed by atoms with Crippen LogP contribution in [0.5, 0.6) is 11.6 Å². The van der Waals surface area contributed by atoms with Gasteiger partial charge in [-0.05, 0) is 37.3 Å². The third-order valence-corrected chi connectivity index (χ3v) is 5.34. The lowest BCUT2D eigenvalue weighted by Crippen LogP contribution is -2.13. The summed E-state index contributed by atoms with van der Waals surface area (Å²) < 4.78 is 36.4. The molecule has 0 atom stereocenters. The van der Waals surface area contributed by atoms with Gasteiger partial charge in [-0.15, -0.1) is 10.2 Å². The Labute approximate surface area is 166 Å². The molecule has 0 aliphatic carbocycles. The van der Waals surface area contributed by atoms with Crippen molar-refractivity contribution < 1.29 is 13.2 Å². The number of imidazole rings is 2. The molecule has 10 nitrogen and oxygen atoms in total. The maximum atomic E-state index is 12.4. The Morgan fingerprint density at radius 3 is 2.45 bits per heavy atom. The SMILES string of the molecule is Cc1nc(S(=O)(=O)Nc2ccc(Oc3ccc(-n4ccnc4)nn3)cc2)cn1C. The Bertz CT molecular complexity index is 1200. The molecule has 0 radical (unpaired) electrons. The van der Waals surface area contributed by atoms with Crippen LogP contribution in [0.15, 0.2) is 66.3 Å². The topological polar surface area (TPSA) is 117 Å². The van der Waals surface area contributed by atoms with Crippen molar-refractivity contribution in [3.05, 3.63) is 67.1 Å². The lowest BCUT2D eigenvalue weighted by molar-refractivity contribution is 0.454. The van der Waals surface area contributed by atoms with Crippen LogP contribution in [0.25, 0.3) is 5.82 Å². The van der Waals surface area contributed by atoms with Gasteiger partial charge in [0.15, 0.2) is 10.8 Å². The number of sulfonamides is 1. The van der Waals surface area contributed by atoms with E-state index in [9.17, 15) is 8.42 Å². The van der Waals surface area contributed by atoms with Gasteiger partial charge in [-0.2, -0.15) is 8.42 Å². The van der Waals surface area contributed by atoms with Crippen LogP contribution < -0.4 is 9.46 Å². The standard InChI is InChI=1S/C18H17N7O3S/c1-13-20-18(11-24(13)2)29(26,27)23-14-3-5-15(6-4-14)28-17-8-7-16(21-22-17)25-10-9-19-12-25/h3-12,23H,1-2H3. The Balaban J connectivity index is 1.44. The first-order valence-corrected chi connectivity index (χ1v) is 10.0. The zero-order valence-corrected chi connectivity index (χ0v) is 16.4. The zero-order valence-electron chi connectivity index (χ0n) is 15.6. The first-order chi connectivity index (χ1) is 13.9. The second-order valence-corrected chi connectivity index (χ2v) is 7.80. The fraction of sp³-hybridized carbons (Fsp3) is 0.111. The molecule has 4 aromatic rings. The number of benzene rings is 1. The first-order valence-electron chi connectivity index (χ1n) is 8.53. The maximum absolute atomic E-state index is 12.4. The van der Waals surface area contributed by atoms with E-state index in [1.165, 1.54) is 6.20 Å². The number of nitrogens with zero attached hydrogens (tertiary/aromatic N) is 6. The van der Waals surface area contributed by atoms with Crippen molar-refractivity contribution in [2.75, 3.05) is 4.72 Å². The van der Waals surface area contributed by atoms with Crippen LogP contribution in [-0.4, -0.2) is 37.7 Å². The second kappa shape index (κ2) is 7.36. The molecule has 0 saturated carbocycles. The summed E-state index contributed by atoms with van der Waals surface area (Å²) in [5, 5.41) is 8.06. The molecule has 0 fully saturated rings. The fourth-order valence-electron chi connectivity index (χ4n) is 2.47. The van der Waals surface area contributed by atoms with Crippen molar-refractivity contribution in [2.24, 2.45) is 7.05 Å². The molecular weight excluding hydrogens is 394 g/mol. The van der Waals surface area contributed by atoms with E-state index in [-0.39, 0.29) is 5.03 Å². The van der Waals surface area contributed by atoms with E-state index >= 15 is 0 Å². The Morgan fingerprint density at radius 2 is 1.86 bits per heavy atom. The van der Waals surface area contributed by atoms with Crippen LogP contribution in [0.2, 0.25) is 0 Å². The highest BCUT2D eigenvalue weighted by atomic mass is 32.2. The van der Waals surface area contributed by atoms with Crippen LogP contribution in [0.4, 0.5) is 5.69 Å². The van der Waals surface area contributed by atoms with E-state index in [1.807, 2.05) is 0 Å². The molecule has 3 heterocycles. The quantitative estimate of drug-likeness (QED) is 0.517. The fourth-order valence-corrected chi connectivity index (χ4v) is 3.57. The van der Waals surface area contributed by atoms with Crippen LogP contribution in [-0.2, 0) is 17.1 Å². The molecule has 148 valence electrons. The smallest absolute Gasteiger partial charge is 0.280 e. The van der Waals surface area contributed by atoms with E-state index in [1.54, 1.807) is 78.2 Å². The first kappa shape index (κ1) is 18.6. The van der Waals surface area contributed by atoms with Gasteiger partial charge in [0, 0.05) is 37.4 Å². The normalized spacial score (nSPS) is 11.4. The highest BCUT2D eigenvalue weighted by molar-refractivity contribution is 7.92. The molecule has 1 aromatic carbocycles. The van der Waals surface area contributed by atoms with Crippen molar-refractivity contribution in [2.45, 2.75) is 11.9 Å². The third-order valence-electron chi connectivity index (χ3n) is 4.09. The summed E-state index contributed by atoms with van der Waals surface area (Å²) in [5.74, 6) is 2.02. The average molecular weight is 411 g/mol. The summed E-state index contributed by atoms with van der Waals surface area (Å²) in [6.45, 7) is 1.73. The highest BCUT2D eigenvalue weighted by Crippen LogP contribution is 2.23. The number of aromatic nitrogens is 6. The minimum Gasteiger partial charge on any atom is -0.438 e. The molecule has 1 N–H and O–H groups in total. The van der Waals surface area contributed by atoms with Gasteiger partial charge in [-0.3, -0.25) is 9.29 Å². The lowest BCUT2D eigenvalue weighted by Gasteiger charge is -2.08. The number of ether oxygens (including phenoxy) is 1. The van der Waals surface area contributed by atoms with Gasteiger partial charge in [0.05, 0.1) is 0 Å². The van der Waals surface area contributed by atoms with Crippen molar-refractivity contribution in [1.82, 2.24) is 29.3 Å². The largest absolute Gasteiger partial charge is 0.438 e. The van der Waals surface area contributed by atoms with Crippen molar-refractivity contribution in [3.8, 4) is 17.4 Å². The van der Waals surface area contributed by atoms with E-state index in [0.717, 1.165) is 0 Å². The molecule has 3 aromatic heterocycles. The van der Waals surface area contributed by atoms with E-state index in [0.29, 0.717) is 29.0 Å². The average Bonchev–Trinajstić information content (AvgIpc) is 3.35. The summed E-state index contributed by atoms with van der Waals surface area (Å²) in [6, 6.07) is 9.88. The van der Waals surface area contributed by atoms with Gasteiger partial charge in [0.25, 0.3) is 10.0 Å². The number of rotatable bonds is 6. The van der Waals surface area contributed by atoms with Gasteiger partial charge in [-0.1, -0.05) is 0 Å². The summed E-state index contributed by atoms with van der Waals surface area (Å²) >= 11 is 0. The summed E-state index contributed by atoms with van der Waals surface area (Å²) in [6.07, 6.45) is 6.49. The Hall–Kier alpha value is -3.73. The van der Waals surface area contributed by atoms with Crippen LogP contribution in [0.3, 0.4) is 0 Å². The lowest BCUT2D eigenvalue weighted by atomic mass is 10.3. The van der Waals surface area contributed by atoms with E-state index in [2.05, 4.69) is 24.9 Å². The molecule has 4 rings (SSSR count). The molecule has 11 heteroatoms. The predicted octanol–water partition coefficient (Wildman–Crippen LogP) is 2.30. The molecule has 0 aliphatic rings. The zero-order chi connectivity index (χ0) is 20.4. The number of anilines is 1. The molecule has 29 heavy (non-hydrogen) atoms. The Morgan fingerprint density at radius 1 is 1.07 bits per heavy atom. The second-order valence-electron chi connectivity index (χ2n) is 6.17. The minimum absolute atomic E-state index is 0.0360. The van der Waals surface area contributed by atoms with Gasteiger partial charge in [0.2, 0.25) is 5.88 Å². The summed E-state index contributed by atoms with van der Waals surface area (Å²) in [7, 11) is -2.03. The highest BCUT2D eigenvalue weighted by Gasteiger charge is 2.18. The molecule has 0 spiro atoms. The molecule has 0 aliphatic heterocycles. The number of aryl methyl sites for hydroxylation is 2. The number of hydrogen-bond donors (Lipinski definition) is 1. The van der Waals surface area contributed by atoms with Gasteiger partial charge in [0.1, 0.15) is 17.9 Å². The predicted molar refractivity (Wildman–Crippen MR) is 104 cm³/mol. The van der Waals surface area contributed by atoms with Gasteiger partial charge in [-0.25, -0.2) is 9.97 Å². The molecule has 0 saturated heterocycles. The third kappa shape index (κ3) is 4.09. The number of hydrogen-bond acceptors (Lipinski definition) is 7. The molecule has 0 amide bonds. The number of nitrogens with one attached hydrogen (secondary N) is 1. The summed E-state index contributed by atoms with van der Waals surface area (Å²) in [5.41, 5.74) is 0.391.